The second-order valence-electron chi connectivity index (χ2n) is 7.55. The van der Waals surface area contributed by atoms with E-state index in [4.69, 9.17) is 14.6 Å². The standard InChI is InChI=1S/C26H26O4S/c27-24(28)18-30-23-13-7-12-22-19(14-16-29-25(22)23)15-17-31-26(20-8-3-1-4-9-20)21-10-5-2-6-11-21/h1-13,19,26H,14-18H2,(H,27,28). The van der Waals surface area contributed by atoms with Crippen molar-refractivity contribution in [1.29, 1.82) is 0 Å². The molecule has 0 fully saturated rings. The molecule has 3 aromatic carbocycles. The minimum atomic E-state index is -0.991. The minimum Gasteiger partial charge on any atom is -0.489 e. The van der Waals surface area contributed by atoms with Crippen LogP contribution in [0, 0.1) is 0 Å². The Morgan fingerprint density at radius 2 is 1.68 bits per heavy atom. The number of benzene rings is 3. The molecule has 4 rings (SSSR count). The average molecular weight is 435 g/mol. The van der Waals surface area contributed by atoms with Gasteiger partial charge in [-0.25, -0.2) is 4.79 Å². The van der Waals surface area contributed by atoms with Crippen molar-refractivity contribution in [3.05, 3.63) is 95.6 Å². The van der Waals surface area contributed by atoms with Gasteiger partial charge in [0.05, 0.1) is 11.9 Å². The zero-order chi connectivity index (χ0) is 21.5. The second-order valence-corrected chi connectivity index (χ2v) is 8.76. The van der Waals surface area contributed by atoms with Gasteiger partial charge in [-0.1, -0.05) is 72.8 Å². The quantitative estimate of drug-likeness (QED) is 0.452. The van der Waals surface area contributed by atoms with Crippen LogP contribution in [0.3, 0.4) is 0 Å². The third-order valence-electron chi connectivity index (χ3n) is 5.47. The Morgan fingerprint density at radius 1 is 1.00 bits per heavy atom. The Hall–Kier alpha value is -2.92. The number of aliphatic carboxylic acids is 1. The van der Waals surface area contributed by atoms with E-state index in [-0.39, 0.29) is 6.61 Å². The molecule has 31 heavy (non-hydrogen) atoms. The van der Waals surface area contributed by atoms with Crippen molar-refractivity contribution < 1.29 is 19.4 Å². The average Bonchev–Trinajstić information content (AvgIpc) is 2.81. The molecule has 1 heterocycles. The van der Waals surface area contributed by atoms with Crippen molar-refractivity contribution in [1.82, 2.24) is 0 Å². The van der Waals surface area contributed by atoms with Gasteiger partial charge in [0.1, 0.15) is 0 Å². The van der Waals surface area contributed by atoms with Crippen molar-refractivity contribution in [2.75, 3.05) is 19.0 Å². The lowest BCUT2D eigenvalue weighted by Crippen LogP contribution is -2.17. The van der Waals surface area contributed by atoms with Gasteiger partial charge in [0.25, 0.3) is 0 Å². The highest BCUT2D eigenvalue weighted by atomic mass is 32.2. The van der Waals surface area contributed by atoms with Gasteiger partial charge in [-0.2, -0.15) is 0 Å². The summed E-state index contributed by atoms with van der Waals surface area (Å²) >= 11 is 1.96. The molecule has 0 spiro atoms. The molecule has 1 aliphatic rings. The van der Waals surface area contributed by atoms with E-state index in [0.717, 1.165) is 24.2 Å². The SMILES string of the molecule is O=C(O)COc1cccc2c1OCCC2CCSC(c1ccccc1)c1ccccc1. The summed E-state index contributed by atoms with van der Waals surface area (Å²) in [4.78, 5) is 10.9. The third kappa shape index (κ3) is 5.42. The van der Waals surface area contributed by atoms with Gasteiger partial charge in [0.2, 0.25) is 0 Å². The summed E-state index contributed by atoms with van der Waals surface area (Å²) in [6.45, 7) is 0.257. The van der Waals surface area contributed by atoms with Crippen molar-refractivity contribution in [2.24, 2.45) is 0 Å². The van der Waals surface area contributed by atoms with Crippen LogP contribution in [0.25, 0.3) is 0 Å². The zero-order valence-electron chi connectivity index (χ0n) is 17.3. The summed E-state index contributed by atoms with van der Waals surface area (Å²) in [5.74, 6) is 1.61. The van der Waals surface area contributed by atoms with Crippen molar-refractivity contribution in [3.63, 3.8) is 0 Å². The van der Waals surface area contributed by atoms with Crippen LogP contribution in [0.5, 0.6) is 11.5 Å². The van der Waals surface area contributed by atoms with E-state index in [1.807, 2.05) is 17.8 Å². The van der Waals surface area contributed by atoms with Gasteiger partial charge in [-0.15, -0.1) is 11.8 Å². The molecular formula is C26H26O4S. The minimum absolute atomic E-state index is 0.298. The van der Waals surface area contributed by atoms with E-state index in [1.54, 1.807) is 6.07 Å². The van der Waals surface area contributed by atoms with Gasteiger partial charge < -0.3 is 14.6 Å². The lowest BCUT2D eigenvalue weighted by molar-refractivity contribution is -0.139. The van der Waals surface area contributed by atoms with Crippen molar-refractivity contribution in [3.8, 4) is 11.5 Å². The fourth-order valence-electron chi connectivity index (χ4n) is 3.99. The molecule has 3 aromatic rings. The molecule has 0 aliphatic carbocycles. The van der Waals surface area contributed by atoms with Crippen LogP contribution in [0.1, 0.15) is 40.7 Å². The van der Waals surface area contributed by atoms with Gasteiger partial charge in [0.15, 0.2) is 18.1 Å². The van der Waals surface area contributed by atoms with Crippen LogP contribution in [-0.2, 0) is 4.79 Å². The van der Waals surface area contributed by atoms with E-state index in [9.17, 15) is 4.79 Å². The Labute approximate surface area is 187 Å². The highest BCUT2D eigenvalue weighted by molar-refractivity contribution is 7.99. The molecule has 0 amide bonds. The predicted molar refractivity (Wildman–Crippen MR) is 124 cm³/mol. The number of para-hydroxylation sites is 1. The summed E-state index contributed by atoms with van der Waals surface area (Å²) < 4.78 is 11.3. The van der Waals surface area contributed by atoms with Crippen LogP contribution < -0.4 is 9.47 Å². The largest absolute Gasteiger partial charge is 0.489 e. The molecule has 1 N–H and O–H groups in total. The topological polar surface area (TPSA) is 55.8 Å². The fraction of sp³-hybridized carbons (Fsp3) is 0.269. The molecule has 0 saturated heterocycles. The first-order chi connectivity index (χ1) is 15.2. The molecule has 160 valence electrons. The normalized spacial score (nSPS) is 15.2. The van der Waals surface area contributed by atoms with E-state index < -0.39 is 5.97 Å². The van der Waals surface area contributed by atoms with E-state index in [0.29, 0.717) is 29.3 Å². The first kappa shape index (κ1) is 21.3. The number of carboxylic acids is 1. The number of fused-ring (bicyclic) bond motifs is 1. The highest BCUT2D eigenvalue weighted by Gasteiger charge is 2.25. The zero-order valence-corrected chi connectivity index (χ0v) is 18.1. The van der Waals surface area contributed by atoms with Crippen molar-refractivity contribution in [2.45, 2.75) is 24.0 Å². The molecule has 0 bridgehead atoms. The molecule has 0 radical (unpaired) electrons. The molecule has 1 atom stereocenters. The van der Waals surface area contributed by atoms with Gasteiger partial charge in [-0.05, 0) is 41.7 Å². The second kappa shape index (κ2) is 10.4. The Morgan fingerprint density at radius 3 is 2.32 bits per heavy atom. The molecule has 4 nitrogen and oxygen atoms in total. The van der Waals surface area contributed by atoms with Crippen molar-refractivity contribution >= 4 is 17.7 Å². The van der Waals surface area contributed by atoms with E-state index >= 15 is 0 Å². The van der Waals surface area contributed by atoms with Crippen LogP contribution in [-0.4, -0.2) is 30.0 Å². The van der Waals surface area contributed by atoms with Crippen LogP contribution in [0.2, 0.25) is 0 Å². The van der Waals surface area contributed by atoms with Gasteiger partial charge >= 0.3 is 5.97 Å². The predicted octanol–water partition coefficient (Wildman–Crippen LogP) is 5.93. The summed E-state index contributed by atoms with van der Waals surface area (Å²) in [5, 5.41) is 9.22. The Bertz CT molecular complexity index is 951. The summed E-state index contributed by atoms with van der Waals surface area (Å²) in [7, 11) is 0. The highest BCUT2D eigenvalue weighted by Crippen LogP contribution is 2.43. The first-order valence-electron chi connectivity index (χ1n) is 10.5. The smallest absolute Gasteiger partial charge is 0.341 e. The summed E-state index contributed by atoms with van der Waals surface area (Å²) in [6.07, 6.45) is 1.98. The third-order valence-corrected chi connectivity index (χ3v) is 6.82. The van der Waals surface area contributed by atoms with Crippen LogP contribution >= 0.6 is 11.8 Å². The fourth-order valence-corrected chi connectivity index (χ4v) is 5.34. The maximum Gasteiger partial charge on any atom is 0.341 e. The number of carbonyl (C=O) groups is 1. The molecule has 1 unspecified atom stereocenters. The van der Waals surface area contributed by atoms with Crippen LogP contribution in [0.15, 0.2) is 78.9 Å². The van der Waals surface area contributed by atoms with Gasteiger partial charge in [0, 0.05) is 5.56 Å². The number of thioether (sulfide) groups is 1. The first-order valence-corrected chi connectivity index (χ1v) is 11.6. The number of carboxylic acid groups (broad SMARTS) is 1. The maximum absolute atomic E-state index is 10.9. The Kier molecular flexibility index (Phi) is 7.15. The lowest BCUT2D eigenvalue weighted by Gasteiger charge is -2.28. The number of hydrogen-bond acceptors (Lipinski definition) is 4. The maximum atomic E-state index is 10.9. The van der Waals surface area contributed by atoms with Crippen LogP contribution in [0.4, 0.5) is 0 Å². The number of rotatable bonds is 9. The summed E-state index contributed by atoms with van der Waals surface area (Å²) in [6, 6.07) is 27.0. The van der Waals surface area contributed by atoms with E-state index in [2.05, 4.69) is 66.7 Å². The molecule has 5 heteroatoms. The molecular weight excluding hydrogens is 408 g/mol. The number of ether oxygens (including phenoxy) is 2. The summed E-state index contributed by atoms with van der Waals surface area (Å²) in [5.41, 5.74) is 3.75. The van der Waals surface area contributed by atoms with Gasteiger partial charge in [-0.3, -0.25) is 0 Å². The lowest BCUT2D eigenvalue weighted by atomic mass is 9.90. The Balaban J connectivity index is 1.46. The molecule has 0 saturated carbocycles. The van der Waals surface area contributed by atoms with E-state index in [1.165, 1.54) is 11.1 Å². The molecule has 1 aliphatic heterocycles. The molecule has 0 aromatic heterocycles. The number of hydrogen-bond donors (Lipinski definition) is 1. The monoisotopic (exact) mass is 434 g/mol.